The fourth-order valence-corrected chi connectivity index (χ4v) is 9.20. The Morgan fingerprint density at radius 1 is 0.453 bits per heavy atom. The van der Waals surface area contributed by atoms with Crippen LogP contribution in [0.3, 0.4) is 0 Å². The van der Waals surface area contributed by atoms with Gasteiger partial charge in [0, 0.05) is 19.3 Å². The number of hydrogen-bond donors (Lipinski definition) is 3. The van der Waals surface area contributed by atoms with Crippen LogP contribution in [0.4, 0.5) is 0 Å². The van der Waals surface area contributed by atoms with Gasteiger partial charge < -0.3 is 39.0 Å². The number of rotatable bonds is 52. The summed E-state index contributed by atoms with van der Waals surface area (Å²) in [5, 5.41) is 31.5. The average molecular weight is 1060 g/mol. The third-order valence-electron chi connectivity index (χ3n) is 13.9. The second kappa shape index (κ2) is 51.4. The Bertz CT molecular complexity index is 1490. The highest BCUT2D eigenvalue weighted by Crippen LogP contribution is 2.26. The molecule has 0 spiro atoms. The molecule has 0 aromatic heterocycles. The van der Waals surface area contributed by atoms with Gasteiger partial charge in [0.2, 0.25) is 0 Å². The summed E-state index contributed by atoms with van der Waals surface area (Å²) >= 11 is 0. The van der Waals surface area contributed by atoms with Crippen LogP contribution in [0.25, 0.3) is 0 Å². The minimum Gasteiger partial charge on any atom is -0.479 e. The molecule has 0 bridgehead atoms. The summed E-state index contributed by atoms with van der Waals surface area (Å²) in [6, 6.07) is 0. The highest BCUT2D eigenvalue weighted by molar-refractivity contribution is 5.74. The molecular weight excluding hydrogens is 949 g/mol. The monoisotopic (exact) mass is 1060 g/mol. The number of carbonyl (C=O) groups is 4. The van der Waals surface area contributed by atoms with Crippen LogP contribution in [-0.4, -0.2) is 89.2 Å². The van der Waals surface area contributed by atoms with E-state index < -0.39 is 67.3 Å². The zero-order chi connectivity index (χ0) is 54.7. The van der Waals surface area contributed by atoms with Crippen LogP contribution in [0.5, 0.6) is 0 Å². The van der Waals surface area contributed by atoms with Crippen molar-refractivity contribution >= 4 is 23.9 Å². The molecule has 75 heavy (non-hydrogen) atoms. The second-order valence-corrected chi connectivity index (χ2v) is 21.0. The zero-order valence-electron chi connectivity index (χ0n) is 47.8. The van der Waals surface area contributed by atoms with Crippen LogP contribution >= 0.6 is 0 Å². The van der Waals surface area contributed by atoms with Crippen LogP contribution in [-0.2, 0) is 42.9 Å². The lowest BCUT2D eigenvalue weighted by atomic mass is 9.98. The molecule has 0 aromatic rings. The van der Waals surface area contributed by atoms with Gasteiger partial charge in [-0.15, -0.1) is 0 Å². The minimum atomic E-state index is -1.91. The summed E-state index contributed by atoms with van der Waals surface area (Å²) in [6.07, 6.45) is 49.4. The van der Waals surface area contributed by atoms with Crippen molar-refractivity contribution in [1.29, 1.82) is 0 Å². The summed E-state index contributed by atoms with van der Waals surface area (Å²) in [7, 11) is 0. The number of unbranched alkanes of at least 4 members (excludes halogenated alkanes) is 30. The SMILES string of the molecule is CC/C=C\C/C=C\C/C=C\CCCCCC(=O)OC(COC(=O)CCCCCCCCCCCCCCCCC)COC1OC(C(=O)O)C(O)C(O)C1OC(=O)CCCCCCCCC/C=C\CCCCCCCC. The second-order valence-electron chi connectivity index (χ2n) is 21.0. The Morgan fingerprint density at radius 2 is 0.840 bits per heavy atom. The first-order valence-electron chi connectivity index (χ1n) is 30.6. The molecular formula is C63H110O12. The smallest absolute Gasteiger partial charge is 0.335 e. The maximum Gasteiger partial charge on any atom is 0.335 e. The molecule has 0 aromatic carbocycles. The maximum atomic E-state index is 13.1. The molecule has 6 unspecified atom stereocenters. The zero-order valence-corrected chi connectivity index (χ0v) is 47.8. The van der Waals surface area contributed by atoms with Crippen LogP contribution in [0, 0.1) is 0 Å². The Hall–Kier alpha value is -3.32. The van der Waals surface area contributed by atoms with Gasteiger partial charge in [0.15, 0.2) is 24.6 Å². The normalized spacial score (nSPS) is 18.4. The van der Waals surface area contributed by atoms with E-state index in [1.165, 1.54) is 128 Å². The van der Waals surface area contributed by atoms with E-state index >= 15 is 0 Å². The lowest BCUT2D eigenvalue weighted by Crippen LogP contribution is -2.61. The topological polar surface area (TPSA) is 175 Å². The Kier molecular flexibility index (Phi) is 47.8. The quantitative estimate of drug-likeness (QED) is 0.0228. The summed E-state index contributed by atoms with van der Waals surface area (Å²) < 4.78 is 28.4. The predicted molar refractivity (Wildman–Crippen MR) is 303 cm³/mol. The van der Waals surface area contributed by atoms with Crippen molar-refractivity contribution in [1.82, 2.24) is 0 Å². The average Bonchev–Trinajstić information content (AvgIpc) is 3.39. The molecule has 6 atom stereocenters. The molecule has 1 rings (SSSR count). The van der Waals surface area contributed by atoms with Gasteiger partial charge in [-0.25, -0.2) is 4.79 Å². The fraction of sp³-hybridized carbons (Fsp3) is 0.810. The van der Waals surface area contributed by atoms with E-state index in [1.807, 2.05) is 0 Å². The van der Waals surface area contributed by atoms with Gasteiger partial charge >= 0.3 is 23.9 Å². The number of aliphatic hydroxyl groups is 2. The minimum absolute atomic E-state index is 0.0537. The van der Waals surface area contributed by atoms with E-state index in [1.54, 1.807) is 0 Å². The number of carboxylic acids is 1. The molecule has 0 amide bonds. The summed E-state index contributed by atoms with van der Waals surface area (Å²) in [6.45, 7) is 5.87. The maximum absolute atomic E-state index is 13.1. The third-order valence-corrected chi connectivity index (χ3v) is 13.9. The Labute approximate surface area is 456 Å². The third kappa shape index (κ3) is 41.5. The molecule has 12 nitrogen and oxygen atoms in total. The standard InChI is InChI=1S/C63H110O12/c1-4-7-10-13-16-19-22-25-27-28-30-33-36-39-42-45-48-51-57(66)74-61-59(68)58(67)60(62(69)70)75-63(61)72-53-54(73-56(65)50-47-44-41-38-35-31-24-21-18-15-12-9-6-3)52-71-55(64)49-46-43-40-37-34-32-29-26-23-20-17-14-11-8-5-2/h9,12,18,21,25,27,31,35,54,58-61,63,67-68H,4-8,10-11,13-17,19-20,22-24,26,28-30,32-34,36-53H2,1-3H3,(H,69,70)/b12-9-,21-18-,27-25-,35-31-. The predicted octanol–water partition coefficient (Wildman–Crippen LogP) is 15.8. The number of esters is 3. The number of aliphatic carboxylic acids is 1. The molecule has 1 heterocycles. The lowest BCUT2D eigenvalue weighted by molar-refractivity contribution is -0.301. The molecule has 1 fully saturated rings. The van der Waals surface area contributed by atoms with E-state index in [2.05, 4.69) is 69.4 Å². The van der Waals surface area contributed by atoms with Gasteiger partial charge in [0.25, 0.3) is 0 Å². The van der Waals surface area contributed by atoms with Crippen molar-refractivity contribution in [2.24, 2.45) is 0 Å². The molecule has 3 N–H and O–H groups in total. The first-order chi connectivity index (χ1) is 36.6. The molecule has 0 saturated carbocycles. The van der Waals surface area contributed by atoms with Gasteiger partial charge in [-0.1, -0.05) is 230 Å². The molecule has 12 heteroatoms. The van der Waals surface area contributed by atoms with Crippen molar-refractivity contribution < 1.29 is 58.2 Å². The molecule has 0 radical (unpaired) electrons. The molecule has 0 aliphatic carbocycles. The van der Waals surface area contributed by atoms with Gasteiger partial charge in [-0.2, -0.15) is 0 Å². The van der Waals surface area contributed by atoms with Crippen molar-refractivity contribution in [3.8, 4) is 0 Å². The molecule has 1 saturated heterocycles. The Morgan fingerprint density at radius 3 is 1.31 bits per heavy atom. The number of carboxylic acid groups (broad SMARTS) is 1. The van der Waals surface area contributed by atoms with Crippen molar-refractivity contribution in [2.75, 3.05) is 13.2 Å². The number of aliphatic hydroxyl groups excluding tert-OH is 2. The molecule has 1 aliphatic rings. The Balaban J connectivity index is 2.68. The van der Waals surface area contributed by atoms with E-state index in [0.29, 0.717) is 19.3 Å². The van der Waals surface area contributed by atoms with Crippen molar-refractivity contribution in [3.63, 3.8) is 0 Å². The summed E-state index contributed by atoms with van der Waals surface area (Å²) in [5.41, 5.74) is 0. The van der Waals surface area contributed by atoms with Gasteiger partial charge in [-0.05, 0) is 77.0 Å². The van der Waals surface area contributed by atoms with E-state index in [4.69, 9.17) is 23.7 Å². The molecule has 1 aliphatic heterocycles. The molecule has 434 valence electrons. The highest BCUT2D eigenvalue weighted by Gasteiger charge is 2.50. The largest absolute Gasteiger partial charge is 0.479 e. The number of allylic oxidation sites excluding steroid dienone is 8. The fourth-order valence-electron chi connectivity index (χ4n) is 9.20. The van der Waals surface area contributed by atoms with E-state index in [-0.39, 0.29) is 25.9 Å². The van der Waals surface area contributed by atoms with Crippen LogP contribution < -0.4 is 0 Å². The first-order valence-corrected chi connectivity index (χ1v) is 30.6. The number of hydrogen-bond acceptors (Lipinski definition) is 11. The summed E-state index contributed by atoms with van der Waals surface area (Å²) in [4.78, 5) is 51.1. The number of ether oxygens (including phenoxy) is 5. The van der Waals surface area contributed by atoms with Crippen LogP contribution in [0.15, 0.2) is 48.6 Å². The van der Waals surface area contributed by atoms with Crippen LogP contribution in [0.1, 0.15) is 278 Å². The van der Waals surface area contributed by atoms with E-state index in [0.717, 1.165) is 89.9 Å². The van der Waals surface area contributed by atoms with Crippen LogP contribution in [0.2, 0.25) is 0 Å². The van der Waals surface area contributed by atoms with E-state index in [9.17, 15) is 34.5 Å². The first kappa shape index (κ1) is 69.7. The van der Waals surface area contributed by atoms with Crippen molar-refractivity contribution in [3.05, 3.63) is 48.6 Å². The summed E-state index contributed by atoms with van der Waals surface area (Å²) in [5.74, 6) is -3.14. The number of carbonyl (C=O) groups excluding carboxylic acids is 3. The lowest BCUT2D eigenvalue weighted by Gasteiger charge is -2.40. The van der Waals surface area contributed by atoms with Gasteiger partial charge in [-0.3, -0.25) is 14.4 Å². The van der Waals surface area contributed by atoms with Gasteiger partial charge in [0.05, 0.1) is 6.61 Å². The van der Waals surface area contributed by atoms with Gasteiger partial charge in [0.1, 0.15) is 18.8 Å². The highest BCUT2D eigenvalue weighted by atomic mass is 16.7. The van der Waals surface area contributed by atoms with Crippen molar-refractivity contribution in [2.45, 2.75) is 314 Å².